The van der Waals surface area contributed by atoms with Gasteiger partial charge in [0, 0.05) is 23.4 Å². The Bertz CT molecular complexity index is 874. The Balaban J connectivity index is 2.00. The molecule has 116 valence electrons. The van der Waals surface area contributed by atoms with E-state index < -0.39 is 0 Å². The van der Waals surface area contributed by atoms with Gasteiger partial charge in [0.25, 0.3) is 0 Å². The quantitative estimate of drug-likeness (QED) is 0.659. The highest BCUT2D eigenvalue weighted by molar-refractivity contribution is 6.31. The van der Waals surface area contributed by atoms with Gasteiger partial charge in [-0.05, 0) is 35.9 Å². The molecule has 0 spiro atoms. The second kappa shape index (κ2) is 6.52. The highest BCUT2D eigenvalue weighted by Crippen LogP contribution is 2.18. The number of halogens is 2. The van der Waals surface area contributed by atoms with E-state index in [2.05, 4.69) is 10.1 Å². The van der Waals surface area contributed by atoms with Gasteiger partial charge in [0.05, 0.1) is 5.69 Å². The Morgan fingerprint density at radius 3 is 2.43 bits per heavy atom. The van der Waals surface area contributed by atoms with Gasteiger partial charge in [-0.25, -0.2) is 9.67 Å². The van der Waals surface area contributed by atoms with Crippen LogP contribution in [0.2, 0.25) is 10.0 Å². The van der Waals surface area contributed by atoms with E-state index in [1.807, 2.05) is 30.3 Å². The minimum atomic E-state index is -0.158. The van der Waals surface area contributed by atoms with Crippen LogP contribution in [0.5, 0.6) is 0 Å². The van der Waals surface area contributed by atoms with Crippen molar-refractivity contribution in [2.45, 2.75) is 13.3 Å². The molecule has 1 aromatic heterocycles. The predicted octanol–water partition coefficient (Wildman–Crippen LogP) is 4.37. The van der Waals surface area contributed by atoms with E-state index in [9.17, 15) is 4.79 Å². The normalized spacial score (nSPS) is 10.7. The topological polar surface area (TPSA) is 47.8 Å². The number of hydrogen-bond acceptors (Lipinski definition) is 3. The lowest BCUT2D eigenvalue weighted by molar-refractivity contribution is 0.100. The number of Topliss-reactive ketones (excluding diaryl/α,β-unsaturated/α-hetero) is 1. The van der Waals surface area contributed by atoms with Crippen molar-refractivity contribution in [2.24, 2.45) is 0 Å². The number of benzene rings is 2. The molecule has 3 rings (SSSR count). The number of rotatable bonds is 4. The zero-order valence-corrected chi connectivity index (χ0v) is 13.8. The molecular formula is C17H13Cl2N3O. The predicted molar refractivity (Wildman–Crippen MR) is 90.6 cm³/mol. The monoisotopic (exact) mass is 345 g/mol. The molecule has 0 N–H and O–H groups in total. The third-order valence-electron chi connectivity index (χ3n) is 3.27. The second-order valence-corrected chi connectivity index (χ2v) is 5.98. The van der Waals surface area contributed by atoms with Crippen molar-refractivity contribution in [3.63, 3.8) is 0 Å². The highest BCUT2D eigenvalue weighted by atomic mass is 35.5. The molecule has 23 heavy (non-hydrogen) atoms. The number of ketones is 1. The van der Waals surface area contributed by atoms with Crippen molar-refractivity contribution in [3.05, 3.63) is 75.8 Å². The van der Waals surface area contributed by atoms with Crippen LogP contribution in [0, 0.1) is 0 Å². The van der Waals surface area contributed by atoms with Crippen LogP contribution < -0.4 is 0 Å². The third kappa shape index (κ3) is 3.60. The molecule has 6 heteroatoms. The van der Waals surface area contributed by atoms with Crippen molar-refractivity contribution in [1.82, 2.24) is 14.8 Å². The van der Waals surface area contributed by atoms with Crippen molar-refractivity contribution in [1.29, 1.82) is 0 Å². The summed E-state index contributed by atoms with van der Waals surface area (Å²) in [6.07, 6.45) is 0.494. The molecule has 0 aliphatic carbocycles. The lowest BCUT2D eigenvalue weighted by atomic mass is 10.1. The first kappa shape index (κ1) is 15.7. The minimum absolute atomic E-state index is 0.158. The summed E-state index contributed by atoms with van der Waals surface area (Å²) >= 11 is 12.0. The van der Waals surface area contributed by atoms with Gasteiger partial charge < -0.3 is 0 Å². The Morgan fingerprint density at radius 2 is 1.78 bits per heavy atom. The van der Waals surface area contributed by atoms with Crippen LogP contribution in [-0.4, -0.2) is 20.5 Å². The number of hydrogen-bond donors (Lipinski definition) is 0. The van der Waals surface area contributed by atoms with Gasteiger partial charge in [0.15, 0.2) is 17.4 Å². The highest BCUT2D eigenvalue weighted by Gasteiger charge is 2.16. The van der Waals surface area contributed by atoms with Crippen LogP contribution in [0.3, 0.4) is 0 Å². The molecule has 0 radical (unpaired) electrons. The molecule has 3 aromatic rings. The molecule has 0 amide bonds. The van der Waals surface area contributed by atoms with Gasteiger partial charge >= 0.3 is 0 Å². The van der Waals surface area contributed by atoms with Crippen LogP contribution in [0.15, 0.2) is 48.5 Å². The molecule has 0 unspecified atom stereocenters. The van der Waals surface area contributed by atoms with E-state index in [1.165, 1.54) is 11.6 Å². The molecular weight excluding hydrogens is 333 g/mol. The first-order chi connectivity index (χ1) is 11.0. The Hall–Kier alpha value is -2.17. The maximum atomic E-state index is 11.9. The SMILES string of the molecule is CC(=O)c1nc(Cc2cccc(Cl)c2)nn1-c1cccc(Cl)c1. The fourth-order valence-corrected chi connectivity index (χ4v) is 2.67. The summed E-state index contributed by atoms with van der Waals surface area (Å²) in [7, 11) is 0. The standard InChI is InChI=1S/C17H13Cl2N3O/c1-11(23)17-20-16(9-12-4-2-5-13(18)8-12)21-22(17)15-7-3-6-14(19)10-15/h2-8,10H,9H2,1H3. The minimum Gasteiger partial charge on any atom is -0.291 e. The van der Waals surface area contributed by atoms with Gasteiger partial charge in [0.2, 0.25) is 0 Å². The van der Waals surface area contributed by atoms with Gasteiger partial charge in [-0.2, -0.15) is 5.10 Å². The summed E-state index contributed by atoms with van der Waals surface area (Å²) in [5, 5.41) is 5.68. The molecule has 1 heterocycles. The van der Waals surface area contributed by atoms with Gasteiger partial charge in [0.1, 0.15) is 0 Å². The second-order valence-electron chi connectivity index (χ2n) is 5.11. The summed E-state index contributed by atoms with van der Waals surface area (Å²) < 4.78 is 1.52. The van der Waals surface area contributed by atoms with Crippen molar-refractivity contribution >= 4 is 29.0 Å². The molecule has 2 aromatic carbocycles. The van der Waals surface area contributed by atoms with E-state index in [-0.39, 0.29) is 11.6 Å². The maximum absolute atomic E-state index is 11.9. The van der Waals surface area contributed by atoms with Crippen molar-refractivity contribution in [3.8, 4) is 5.69 Å². The zero-order chi connectivity index (χ0) is 16.4. The lowest BCUT2D eigenvalue weighted by Gasteiger charge is -2.03. The molecule has 0 aliphatic rings. The van der Waals surface area contributed by atoms with Crippen molar-refractivity contribution in [2.75, 3.05) is 0 Å². The van der Waals surface area contributed by atoms with Crippen LogP contribution in [-0.2, 0) is 6.42 Å². The number of carbonyl (C=O) groups is 1. The van der Waals surface area contributed by atoms with Crippen LogP contribution in [0.25, 0.3) is 5.69 Å². The summed E-state index contributed by atoms with van der Waals surface area (Å²) in [5.41, 5.74) is 1.68. The number of nitrogens with zero attached hydrogens (tertiary/aromatic N) is 3. The first-order valence-electron chi connectivity index (χ1n) is 7.00. The van der Waals surface area contributed by atoms with Gasteiger partial charge in [-0.1, -0.05) is 41.4 Å². The average Bonchev–Trinajstić information content (AvgIpc) is 2.91. The molecule has 0 aliphatic heterocycles. The summed E-state index contributed by atoms with van der Waals surface area (Å²) in [6, 6.07) is 14.6. The van der Waals surface area contributed by atoms with E-state index in [0.29, 0.717) is 28.0 Å². The van der Waals surface area contributed by atoms with Gasteiger partial charge in [-0.15, -0.1) is 0 Å². The van der Waals surface area contributed by atoms with Crippen molar-refractivity contribution < 1.29 is 4.79 Å². The van der Waals surface area contributed by atoms with Crippen LogP contribution in [0.1, 0.15) is 28.9 Å². The summed E-state index contributed by atoms with van der Waals surface area (Å²) in [6.45, 7) is 1.47. The van der Waals surface area contributed by atoms with E-state index >= 15 is 0 Å². The van der Waals surface area contributed by atoms with E-state index in [0.717, 1.165) is 5.56 Å². The smallest absolute Gasteiger partial charge is 0.199 e. The van der Waals surface area contributed by atoms with E-state index in [4.69, 9.17) is 23.2 Å². The van der Waals surface area contributed by atoms with Crippen LogP contribution >= 0.6 is 23.2 Å². The first-order valence-corrected chi connectivity index (χ1v) is 7.76. The summed E-state index contributed by atoms with van der Waals surface area (Å²) in [4.78, 5) is 16.2. The van der Waals surface area contributed by atoms with E-state index in [1.54, 1.807) is 18.2 Å². The third-order valence-corrected chi connectivity index (χ3v) is 3.74. The lowest BCUT2D eigenvalue weighted by Crippen LogP contribution is -2.07. The largest absolute Gasteiger partial charge is 0.291 e. The van der Waals surface area contributed by atoms with Gasteiger partial charge in [-0.3, -0.25) is 4.79 Å². The molecule has 0 bridgehead atoms. The molecule has 0 saturated carbocycles. The van der Waals surface area contributed by atoms with Crippen LogP contribution in [0.4, 0.5) is 0 Å². The molecule has 0 atom stereocenters. The number of aromatic nitrogens is 3. The fraction of sp³-hybridized carbons (Fsp3) is 0.118. The average molecular weight is 346 g/mol. The molecule has 0 saturated heterocycles. The fourth-order valence-electron chi connectivity index (χ4n) is 2.27. The number of carbonyl (C=O) groups excluding carboxylic acids is 1. The molecule has 4 nitrogen and oxygen atoms in total. The molecule has 0 fully saturated rings. The Kier molecular flexibility index (Phi) is 4.46. The Labute approximate surface area is 143 Å². The Morgan fingerprint density at radius 1 is 1.09 bits per heavy atom. The zero-order valence-electron chi connectivity index (χ0n) is 12.3. The maximum Gasteiger partial charge on any atom is 0.199 e. The summed E-state index contributed by atoms with van der Waals surface area (Å²) in [5.74, 6) is 0.677.